The summed E-state index contributed by atoms with van der Waals surface area (Å²) in [7, 11) is 0. The molecule has 2 rings (SSSR count). The van der Waals surface area contributed by atoms with Crippen LogP contribution in [0.2, 0.25) is 0 Å². The lowest BCUT2D eigenvalue weighted by atomic mass is 9.79. The summed E-state index contributed by atoms with van der Waals surface area (Å²) in [6, 6.07) is 0.600. The average Bonchev–Trinajstić information content (AvgIpc) is 2.71. The van der Waals surface area contributed by atoms with Gasteiger partial charge in [-0.3, -0.25) is 0 Å². The molecule has 2 aliphatic heterocycles. The zero-order chi connectivity index (χ0) is 15.0. The van der Waals surface area contributed by atoms with Crippen molar-refractivity contribution >= 4 is 6.09 Å². The average molecular weight is 282 g/mol. The quantitative estimate of drug-likeness (QED) is 0.741. The van der Waals surface area contributed by atoms with Gasteiger partial charge in [0, 0.05) is 31.1 Å². The molecule has 2 saturated heterocycles. The van der Waals surface area contributed by atoms with Crippen LogP contribution in [0.5, 0.6) is 0 Å². The summed E-state index contributed by atoms with van der Waals surface area (Å²) in [6.07, 6.45) is 3.47. The van der Waals surface area contributed by atoms with Crippen molar-refractivity contribution < 1.29 is 9.53 Å². The second kappa shape index (κ2) is 5.55. The maximum Gasteiger partial charge on any atom is 0.410 e. The molecular weight excluding hydrogens is 252 g/mol. The fourth-order valence-electron chi connectivity index (χ4n) is 3.44. The molecular formula is C16H30N2O2. The van der Waals surface area contributed by atoms with Crippen molar-refractivity contribution in [3.63, 3.8) is 0 Å². The van der Waals surface area contributed by atoms with Gasteiger partial charge in [-0.2, -0.15) is 0 Å². The fraction of sp³-hybridized carbons (Fsp3) is 0.938. The maximum atomic E-state index is 12.2. The third kappa shape index (κ3) is 3.66. The minimum atomic E-state index is -0.399. The van der Waals surface area contributed by atoms with Crippen molar-refractivity contribution in [1.29, 1.82) is 0 Å². The Morgan fingerprint density at radius 2 is 1.85 bits per heavy atom. The third-order valence-electron chi connectivity index (χ3n) is 4.51. The molecule has 2 aliphatic rings. The van der Waals surface area contributed by atoms with Crippen LogP contribution < -0.4 is 0 Å². The standard InChI is InChI=1S/C16H30N2O2/c1-13(2)17-9-6-7-16(11-17)8-10-18(12-16)14(19)20-15(3,4)5/h13H,6-12H2,1-5H3. The highest BCUT2D eigenvalue weighted by molar-refractivity contribution is 5.68. The summed E-state index contributed by atoms with van der Waals surface area (Å²) in [5, 5.41) is 0. The zero-order valence-corrected chi connectivity index (χ0v) is 13.7. The number of piperidine rings is 1. The molecule has 1 amide bonds. The molecule has 0 N–H and O–H groups in total. The lowest BCUT2D eigenvalue weighted by Gasteiger charge is -2.42. The molecule has 0 aromatic heterocycles. The largest absolute Gasteiger partial charge is 0.444 e. The van der Waals surface area contributed by atoms with Gasteiger partial charge in [-0.25, -0.2) is 4.79 Å². The number of carbonyl (C=O) groups is 1. The molecule has 1 atom stereocenters. The summed E-state index contributed by atoms with van der Waals surface area (Å²) in [4.78, 5) is 16.7. The molecule has 0 aromatic carbocycles. The van der Waals surface area contributed by atoms with Gasteiger partial charge in [-0.1, -0.05) is 0 Å². The predicted molar refractivity (Wildman–Crippen MR) is 80.8 cm³/mol. The molecule has 116 valence electrons. The Morgan fingerprint density at radius 1 is 1.15 bits per heavy atom. The van der Waals surface area contributed by atoms with Crippen molar-refractivity contribution in [3.05, 3.63) is 0 Å². The van der Waals surface area contributed by atoms with E-state index in [-0.39, 0.29) is 6.09 Å². The number of hydrogen-bond acceptors (Lipinski definition) is 3. The summed E-state index contributed by atoms with van der Waals surface area (Å²) < 4.78 is 5.50. The molecule has 20 heavy (non-hydrogen) atoms. The zero-order valence-electron chi connectivity index (χ0n) is 13.7. The number of amides is 1. The fourth-order valence-corrected chi connectivity index (χ4v) is 3.44. The second-order valence-corrected chi connectivity index (χ2v) is 7.82. The van der Waals surface area contributed by atoms with Gasteiger partial charge in [0.2, 0.25) is 0 Å². The van der Waals surface area contributed by atoms with Crippen LogP contribution in [0.1, 0.15) is 53.9 Å². The maximum absolute atomic E-state index is 12.2. The molecule has 4 nitrogen and oxygen atoms in total. The first-order valence-corrected chi connectivity index (χ1v) is 7.93. The summed E-state index contributed by atoms with van der Waals surface area (Å²) in [6.45, 7) is 14.4. The van der Waals surface area contributed by atoms with E-state index < -0.39 is 5.60 Å². The first-order chi connectivity index (χ1) is 9.21. The van der Waals surface area contributed by atoms with Gasteiger partial charge in [0.15, 0.2) is 0 Å². The number of ether oxygens (including phenoxy) is 1. The SMILES string of the molecule is CC(C)N1CCCC2(CCN(C(=O)OC(C)(C)C)C2)C1. The Hall–Kier alpha value is -0.770. The monoisotopic (exact) mass is 282 g/mol. The number of nitrogens with zero attached hydrogens (tertiary/aromatic N) is 2. The molecule has 0 radical (unpaired) electrons. The predicted octanol–water partition coefficient (Wildman–Crippen LogP) is 3.12. The number of carbonyl (C=O) groups excluding carboxylic acids is 1. The molecule has 0 bridgehead atoms. The van der Waals surface area contributed by atoms with E-state index in [4.69, 9.17) is 4.74 Å². The lowest BCUT2D eigenvalue weighted by Crippen LogP contribution is -2.48. The van der Waals surface area contributed by atoms with Crippen LogP contribution in [0.15, 0.2) is 0 Å². The highest BCUT2D eigenvalue weighted by Gasteiger charge is 2.44. The smallest absolute Gasteiger partial charge is 0.410 e. The van der Waals surface area contributed by atoms with Gasteiger partial charge in [-0.05, 0) is 60.4 Å². The van der Waals surface area contributed by atoms with Crippen molar-refractivity contribution in [2.45, 2.75) is 65.5 Å². The Labute approximate surface area is 123 Å². The summed E-state index contributed by atoms with van der Waals surface area (Å²) in [5.74, 6) is 0. The van der Waals surface area contributed by atoms with E-state index >= 15 is 0 Å². The summed E-state index contributed by atoms with van der Waals surface area (Å²) >= 11 is 0. The molecule has 2 fully saturated rings. The molecule has 4 heteroatoms. The van der Waals surface area contributed by atoms with Crippen LogP contribution >= 0.6 is 0 Å². The van der Waals surface area contributed by atoms with Gasteiger partial charge >= 0.3 is 6.09 Å². The van der Waals surface area contributed by atoms with E-state index in [0.29, 0.717) is 11.5 Å². The van der Waals surface area contributed by atoms with Crippen LogP contribution in [-0.4, -0.2) is 53.7 Å². The topological polar surface area (TPSA) is 32.8 Å². The van der Waals surface area contributed by atoms with Gasteiger partial charge in [0.25, 0.3) is 0 Å². The molecule has 0 saturated carbocycles. The Kier molecular flexibility index (Phi) is 4.33. The normalized spacial score (nSPS) is 28.4. The molecule has 1 unspecified atom stereocenters. The number of likely N-dealkylation sites (tertiary alicyclic amines) is 2. The molecule has 0 aromatic rings. The van der Waals surface area contributed by atoms with Crippen molar-refractivity contribution in [3.8, 4) is 0 Å². The molecule has 1 spiro atoms. The van der Waals surface area contributed by atoms with Gasteiger partial charge in [-0.15, -0.1) is 0 Å². The first kappa shape index (κ1) is 15.6. The van der Waals surface area contributed by atoms with Gasteiger partial charge in [0.1, 0.15) is 5.60 Å². The molecule has 2 heterocycles. The minimum absolute atomic E-state index is 0.143. The van der Waals surface area contributed by atoms with E-state index in [2.05, 4.69) is 18.7 Å². The Bertz CT molecular complexity index is 362. The van der Waals surface area contributed by atoms with E-state index in [1.807, 2.05) is 25.7 Å². The Morgan fingerprint density at radius 3 is 2.45 bits per heavy atom. The van der Waals surface area contributed by atoms with E-state index in [0.717, 1.165) is 26.1 Å². The lowest BCUT2D eigenvalue weighted by molar-refractivity contribution is 0.0223. The molecule has 0 aliphatic carbocycles. The number of hydrogen-bond donors (Lipinski definition) is 0. The van der Waals surface area contributed by atoms with Gasteiger partial charge in [0.05, 0.1) is 0 Å². The van der Waals surface area contributed by atoms with E-state index in [1.54, 1.807) is 0 Å². The summed E-state index contributed by atoms with van der Waals surface area (Å²) in [5.41, 5.74) is -0.0945. The van der Waals surface area contributed by atoms with Gasteiger partial charge < -0.3 is 14.5 Å². The highest BCUT2D eigenvalue weighted by Crippen LogP contribution is 2.39. The van der Waals surface area contributed by atoms with E-state index in [1.165, 1.54) is 19.4 Å². The second-order valence-electron chi connectivity index (χ2n) is 7.82. The van der Waals surface area contributed by atoms with E-state index in [9.17, 15) is 4.79 Å². The van der Waals surface area contributed by atoms with Crippen LogP contribution in [-0.2, 0) is 4.74 Å². The number of rotatable bonds is 1. The van der Waals surface area contributed by atoms with Crippen LogP contribution in [0.25, 0.3) is 0 Å². The van der Waals surface area contributed by atoms with Crippen LogP contribution in [0.3, 0.4) is 0 Å². The highest BCUT2D eigenvalue weighted by atomic mass is 16.6. The van der Waals surface area contributed by atoms with Crippen LogP contribution in [0.4, 0.5) is 4.79 Å². The van der Waals surface area contributed by atoms with Crippen molar-refractivity contribution in [1.82, 2.24) is 9.80 Å². The minimum Gasteiger partial charge on any atom is -0.444 e. The van der Waals surface area contributed by atoms with Crippen molar-refractivity contribution in [2.24, 2.45) is 5.41 Å². The Balaban J connectivity index is 1.95. The van der Waals surface area contributed by atoms with Crippen molar-refractivity contribution in [2.75, 3.05) is 26.2 Å². The van der Waals surface area contributed by atoms with Crippen LogP contribution in [0, 0.1) is 5.41 Å². The first-order valence-electron chi connectivity index (χ1n) is 7.93. The third-order valence-corrected chi connectivity index (χ3v) is 4.51.